The topological polar surface area (TPSA) is 58.3 Å². The number of nitrogens with two attached hydrogens (primary N) is 1. The molecule has 5 nitrogen and oxygen atoms in total. The van der Waals surface area contributed by atoms with Crippen molar-refractivity contribution in [3.8, 4) is 0 Å². The molecule has 0 unspecified atom stereocenters. The molecule has 2 aromatic rings. The summed E-state index contributed by atoms with van der Waals surface area (Å²) in [6.07, 6.45) is 0. The van der Waals surface area contributed by atoms with E-state index in [4.69, 9.17) is 10.7 Å². The molecule has 0 atom stereocenters. The van der Waals surface area contributed by atoms with Crippen LogP contribution in [0.3, 0.4) is 0 Å². The number of piperazine rings is 1. The number of fused-ring (bicyclic) bond motifs is 1. The van der Waals surface area contributed by atoms with Crippen LogP contribution in [-0.4, -0.2) is 52.5 Å². The predicted molar refractivity (Wildman–Crippen MR) is 88.7 cm³/mol. The highest BCUT2D eigenvalue weighted by Gasteiger charge is 2.18. The van der Waals surface area contributed by atoms with Gasteiger partial charge in [-0.25, -0.2) is 9.97 Å². The van der Waals surface area contributed by atoms with Crippen molar-refractivity contribution in [2.75, 3.05) is 38.5 Å². The molecule has 3 heterocycles. The molecule has 0 radical (unpaired) electrons. The van der Waals surface area contributed by atoms with Crippen LogP contribution in [0.5, 0.6) is 0 Å². The van der Waals surface area contributed by atoms with Crippen LogP contribution in [0.25, 0.3) is 10.2 Å². The summed E-state index contributed by atoms with van der Waals surface area (Å²) < 4.78 is 0. The molecule has 0 aliphatic carbocycles. The monoisotopic (exact) mass is 305 g/mol. The number of aryl methyl sites for hydroxylation is 2. The Hall–Kier alpha value is -1.24. The van der Waals surface area contributed by atoms with Crippen LogP contribution in [-0.2, 0) is 6.54 Å². The highest BCUT2D eigenvalue weighted by atomic mass is 32.1. The Morgan fingerprint density at radius 3 is 2.43 bits per heavy atom. The third-order valence-corrected chi connectivity index (χ3v) is 5.48. The Bertz CT molecular complexity index is 643. The van der Waals surface area contributed by atoms with Crippen molar-refractivity contribution in [2.45, 2.75) is 27.3 Å². The minimum absolute atomic E-state index is 0.629. The van der Waals surface area contributed by atoms with Gasteiger partial charge in [-0.15, -0.1) is 11.3 Å². The number of likely N-dealkylation sites (N-methyl/N-ethyl adjacent to an activating group) is 1. The van der Waals surface area contributed by atoms with Crippen LogP contribution >= 0.6 is 11.3 Å². The van der Waals surface area contributed by atoms with E-state index < -0.39 is 0 Å². The number of aromatic nitrogens is 2. The zero-order chi connectivity index (χ0) is 15.0. The third kappa shape index (κ3) is 2.88. The van der Waals surface area contributed by atoms with Crippen molar-refractivity contribution in [3.05, 3.63) is 16.3 Å². The molecule has 0 bridgehead atoms. The lowest BCUT2D eigenvalue weighted by Crippen LogP contribution is -2.45. The number of hydrogen-bond acceptors (Lipinski definition) is 6. The SMILES string of the molecule is CCN1CCN(Cc2nc(N)c3c(C)c(C)sc3n2)CC1. The summed E-state index contributed by atoms with van der Waals surface area (Å²) in [7, 11) is 0. The van der Waals surface area contributed by atoms with Crippen LogP contribution in [0, 0.1) is 13.8 Å². The quantitative estimate of drug-likeness (QED) is 0.940. The second-order valence-electron chi connectivity index (χ2n) is 5.70. The summed E-state index contributed by atoms with van der Waals surface area (Å²) >= 11 is 1.72. The van der Waals surface area contributed by atoms with E-state index in [1.54, 1.807) is 11.3 Å². The third-order valence-electron chi connectivity index (χ3n) is 4.38. The number of anilines is 1. The Balaban J connectivity index is 1.79. The fourth-order valence-electron chi connectivity index (χ4n) is 2.86. The Morgan fingerprint density at radius 1 is 1.10 bits per heavy atom. The van der Waals surface area contributed by atoms with E-state index in [2.05, 4.69) is 35.6 Å². The van der Waals surface area contributed by atoms with Crippen molar-refractivity contribution >= 4 is 27.4 Å². The minimum Gasteiger partial charge on any atom is -0.383 e. The van der Waals surface area contributed by atoms with Gasteiger partial charge in [-0.2, -0.15) is 0 Å². The van der Waals surface area contributed by atoms with E-state index in [9.17, 15) is 0 Å². The van der Waals surface area contributed by atoms with Crippen molar-refractivity contribution in [2.24, 2.45) is 0 Å². The number of hydrogen-bond donors (Lipinski definition) is 1. The lowest BCUT2D eigenvalue weighted by Gasteiger charge is -2.33. The maximum absolute atomic E-state index is 6.15. The van der Waals surface area contributed by atoms with Crippen LogP contribution in [0.4, 0.5) is 5.82 Å². The molecule has 0 saturated carbocycles. The maximum Gasteiger partial charge on any atom is 0.146 e. The van der Waals surface area contributed by atoms with Gasteiger partial charge in [0.1, 0.15) is 16.5 Å². The van der Waals surface area contributed by atoms with E-state index in [0.717, 1.165) is 55.3 Å². The Kier molecular flexibility index (Phi) is 4.10. The van der Waals surface area contributed by atoms with Crippen LogP contribution in [0.15, 0.2) is 0 Å². The molecule has 2 aromatic heterocycles. The molecule has 1 fully saturated rings. The number of nitrogen functional groups attached to an aromatic ring is 1. The van der Waals surface area contributed by atoms with Gasteiger partial charge in [-0.3, -0.25) is 4.90 Å². The van der Waals surface area contributed by atoms with E-state index >= 15 is 0 Å². The van der Waals surface area contributed by atoms with Crippen molar-refractivity contribution in [3.63, 3.8) is 0 Å². The molecule has 0 aromatic carbocycles. The summed E-state index contributed by atoms with van der Waals surface area (Å²) in [5, 5.41) is 1.04. The van der Waals surface area contributed by atoms with Crippen LogP contribution in [0.1, 0.15) is 23.2 Å². The summed E-state index contributed by atoms with van der Waals surface area (Å²) in [5.41, 5.74) is 7.37. The second kappa shape index (κ2) is 5.87. The minimum atomic E-state index is 0.629. The largest absolute Gasteiger partial charge is 0.383 e. The zero-order valence-electron chi connectivity index (χ0n) is 13.0. The number of rotatable bonds is 3. The van der Waals surface area contributed by atoms with Gasteiger partial charge in [-0.1, -0.05) is 6.92 Å². The van der Waals surface area contributed by atoms with E-state index in [1.807, 2.05) is 0 Å². The molecule has 2 N–H and O–H groups in total. The molecule has 114 valence electrons. The van der Waals surface area contributed by atoms with Gasteiger partial charge in [-0.05, 0) is 26.0 Å². The molecular formula is C15H23N5S. The van der Waals surface area contributed by atoms with Crippen LogP contribution < -0.4 is 5.73 Å². The Labute approximate surface area is 129 Å². The Morgan fingerprint density at radius 2 is 1.76 bits per heavy atom. The van der Waals surface area contributed by atoms with Gasteiger partial charge in [0, 0.05) is 31.1 Å². The molecule has 1 aliphatic heterocycles. The first kappa shape index (κ1) is 14.7. The standard InChI is InChI=1S/C15H23N5S/c1-4-19-5-7-20(8-6-19)9-12-17-14(16)13-10(2)11(3)21-15(13)18-12/h4-9H2,1-3H3,(H2,16,17,18). The van der Waals surface area contributed by atoms with Gasteiger partial charge in [0.2, 0.25) is 0 Å². The van der Waals surface area contributed by atoms with E-state index in [1.165, 1.54) is 10.4 Å². The molecule has 6 heteroatoms. The van der Waals surface area contributed by atoms with Crippen molar-refractivity contribution < 1.29 is 0 Å². The first-order valence-corrected chi connectivity index (χ1v) is 8.37. The average Bonchev–Trinajstić information content (AvgIpc) is 2.75. The number of thiophene rings is 1. The second-order valence-corrected chi connectivity index (χ2v) is 6.90. The molecule has 0 spiro atoms. The van der Waals surface area contributed by atoms with E-state index in [-0.39, 0.29) is 0 Å². The lowest BCUT2D eigenvalue weighted by molar-refractivity contribution is 0.130. The zero-order valence-corrected chi connectivity index (χ0v) is 13.8. The van der Waals surface area contributed by atoms with E-state index in [0.29, 0.717) is 5.82 Å². The fraction of sp³-hybridized carbons (Fsp3) is 0.600. The molecule has 1 saturated heterocycles. The van der Waals surface area contributed by atoms with Crippen molar-refractivity contribution in [1.82, 2.24) is 19.8 Å². The fourth-order valence-corrected chi connectivity index (χ4v) is 3.92. The highest BCUT2D eigenvalue weighted by molar-refractivity contribution is 7.18. The summed E-state index contributed by atoms with van der Waals surface area (Å²) in [6, 6.07) is 0. The molecule has 0 amide bonds. The summed E-state index contributed by atoms with van der Waals surface area (Å²) in [6.45, 7) is 12.8. The first-order valence-electron chi connectivity index (χ1n) is 7.55. The highest BCUT2D eigenvalue weighted by Crippen LogP contribution is 2.31. The predicted octanol–water partition coefficient (Wildman–Crippen LogP) is 2.03. The molecular weight excluding hydrogens is 282 g/mol. The molecule has 21 heavy (non-hydrogen) atoms. The average molecular weight is 305 g/mol. The molecule has 1 aliphatic rings. The first-order chi connectivity index (χ1) is 10.1. The maximum atomic E-state index is 6.15. The normalized spacial score (nSPS) is 17.7. The lowest BCUT2D eigenvalue weighted by atomic mass is 10.2. The van der Waals surface area contributed by atoms with Gasteiger partial charge >= 0.3 is 0 Å². The molecule has 3 rings (SSSR count). The van der Waals surface area contributed by atoms with Gasteiger partial charge in [0.05, 0.1) is 11.9 Å². The number of nitrogens with zero attached hydrogens (tertiary/aromatic N) is 4. The van der Waals surface area contributed by atoms with Gasteiger partial charge in [0.25, 0.3) is 0 Å². The summed E-state index contributed by atoms with van der Waals surface area (Å²) in [4.78, 5) is 16.4. The van der Waals surface area contributed by atoms with Crippen molar-refractivity contribution in [1.29, 1.82) is 0 Å². The smallest absolute Gasteiger partial charge is 0.146 e. The van der Waals surface area contributed by atoms with Gasteiger partial charge in [0.15, 0.2) is 0 Å². The summed E-state index contributed by atoms with van der Waals surface area (Å²) in [5.74, 6) is 1.48. The van der Waals surface area contributed by atoms with Gasteiger partial charge < -0.3 is 10.6 Å². The van der Waals surface area contributed by atoms with Crippen LogP contribution in [0.2, 0.25) is 0 Å².